The zero-order chi connectivity index (χ0) is 21.1. The molecule has 29 heavy (non-hydrogen) atoms. The maximum Gasteiger partial charge on any atom is 0.307 e. The number of unbranched alkanes of at least 4 members (excludes halogenated alkanes) is 1. The first kappa shape index (κ1) is 22.3. The van der Waals surface area contributed by atoms with Gasteiger partial charge in [0.05, 0.1) is 27.2 Å². The van der Waals surface area contributed by atoms with Crippen LogP contribution in [-0.2, 0) is 16.1 Å². The molecule has 2 rings (SSSR count). The third-order valence-corrected chi connectivity index (χ3v) is 4.48. The van der Waals surface area contributed by atoms with Gasteiger partial charge in [-0.3, -0.25) is 9.59 Å². The highest BCUT2D eigenvalue weighted by Gasteiger charge is 2.19. The lowest BCUT2D eigenvalue weighted by molar-refractivity contribution is -0.140. The van der Waals surface area contributed by atoms with Crippen molar-refractivity contribution in [1.29, 1.82) is 0 Å². The van der Waals surface area contributed by atoms with Crippen molar-refractivity contribution in [3.63, 3.8) is 0 Å². The lowest BCUT2D eigenvalue weighted by Gasteiger charge is -2.23. The average Bonchev–Trinajstić information content (AvgIpc) is 2.76. The summed E-state index contributed by atoms with van der Waals surface area (Å²) in [6.07, 6.45) is 2.11. The van der Waals surface area contributed by atoms with Crippen LogP contribution in [0.5, 0.6) is 11.5 Å². The van der Waals surface area contributed by atoms with Gasteiger partial charge in [0.2, 0.25) is 0 Å². The van der Waals surface area contributed by atoms with Gasteiger partial charge in [0, 0.05) is 18.7 Å². The second-order valence-electron chi connectivity index (χ2n) is 6.61. The van der Waals surface area contributed by atoms with E-state index in [1.54, 1.807) is 30.2 Å². The van der Waals surface area contributed by atoms with Crippen molar-refractivity contribution in [2.45, 2.75) is 32.7 Å². The predicted molar refractivity (Wildman–Crippen MR) is 111 cm³/mol. The van der Waals surface area contributed by atoms with Crippen LogP contribution in [0.25, 0.3) is 0 Å². The standard InChI is InChI=1S/C23H29NO5/c1-4-5-15-29-20-12-11-19(16-21(20)27-2)23(26)24(14-13-22(25)28-3)17-18-9-7-6-8-10-18/h6-12,16H,4-5,13-15,17H2,1-3H3. The smallest absolute Gasteiger partial charge is 0.307 e. The van der Waals surface area contributed by atoms with Gasteiger partial charge in [0.25, 0.3) is 5.91 Å². The highest BCUT2D eigenvalue weighted by Crippen LogP contribution is 2.29. The molecule has 0 aliphatic rings. The minimum Gasteiger partial charge on any atom is -0.493 e. The van der Waals surface area contributed by atoms with Gasteiger partial charge in [-0.25, -0.2) is 0 Å². The van der Waals surface area contributed by atoms with Crippen LogP contribution in [0.1, 0.15) is 42.1 Å². The number of hydrogen-bond acceptors (Lipinski definition) is 5. The average molecular weight is 399 g/mol. The lowest BCUT2D eigenvalue weighted by atomic mass is 10.1. The van der Waals surface area contributed by atoms with E-state index in [9.17, 15) is 9.59 Å². The highest BCUT2D eigenvalue weighted by atomic mass is 16.5. The molecule has 0 bridgehead atoms. The first-order chi connectivity index (χ1) is 14.1. The molecule has 0 aliphatic carbocycles. The number of amides is 1. The Labute approximate surface area is 172 Å². The Morgan fingerprint density at radius 3 is 2.41 bits per heavy atom. The number of rotatable bonds is 11. The minimum absolute atomic E-state index is 0.129. The van der Waals surface area contributed by atoms with E-state index >= 15 is 0 Å². The molecule has 0 atom stereocenters. The summed E-state index contributed by atoms with van der Waals surface area (Å²) >= 11 is 0. The SMILES string of the molecule is CCCCOc1ccc(C(=O)N(CCC(=O)OC)Cc2ccccc2)cc1OC. The number of benzene rings is 2. The molecule has 6 heteroatoms. The molecule has 0 aromatic heterocycles. The molecule has 0 unspecified atom stereocenters. The monoisotopic (exact) mass is 399 g/mol. The normalized spacial score (nSPS) is 10.3. The molecular weight excluding hydrogens is 370 g/mol. The summed E-state index contributed by atoms with van der Waals surface area (Å²) < 4.78 is 15.9. The van der Waals surface area contributed by atoms with Crippen LogP contribution in [0.2, 0.25) is 0 Å². The topological polar surface area (TPSA) is 65.1 Å². The van der Waals surface area contributed by atoms with Crippen molar-refractivity contribution in [3.8, 4) is 11.5 Å². The second kappa shape index (κ2) is 11.7. The molecule has 0 radical (unpaired) electrons. The van der Waals surface area contributed by atoms with E-state index in [2.05, 4.69) is 6.92 Å². The summed E-state index contributed by atoms with van der Waals surface area (Å²) in [7, 11) is 2.89. The van der Waals surface area contributed by atoms with Gasteiger partial charge in [-0.05, 0) is 30.2 Å². The molecule has 1 amide bonds. The predicted octanol–water partition coefficient (Wildman–Crippen LogP) is 4.08. The molecule has 156 valence electrons. The maximum absolute atomic E-state index is 13.2. The first-order valence-electron chi connectivity index (χ1n) is 9.79. The zero-order valence-electron chi connectivity index (χ0n) is 17.3. The van der Waals surface area contributed by atoms with E-state index in [-0.39, 0.29) is 24.8 Å². The fourth-order valence-corrected chi connectivity index (χ4v) is 2.81. The fourth-order valence-electron chi connectivity index (χ4n) is 2.81. The van der Waals surface area contributed by atoms with Gasteiger partial charge in [-0.15, -0.1) is 0 Å². The second-order valence-corrected chi connectivity index (χ2v) is 6.61. The molecular formula is C23H29NO5. The molecule has 6 nitrogen and oxygen atoms in total. The van der Waals surface area contributed by atoms with Crippen molar-refractivity contribution < 1.29 is 23.8 Å². The van der Waals surface area contributed by atoms with Crippen LogP contribution in [0, 0.1) is 0 Å². The number of carbonyl (C=O) groups is 2. The Balaban J connectivity index is 2.20. The summed E-state index contributed by atoms with van der Waals surface area (Å²) in [5, 5.41) is 0. The summed E-state index contributed by atoms with van der Waals surface area (Å²) in [6.45, 7) is 3.35. The number of nitrogens with zero attached hydrogens (tertiary/aromatic N) is 1. The van der Waals surface area contributed by atoms with E-state index in [4.69, 9.17) is 14.2 Å². The quantitative estimate of drug-likeness (QED) is 0.421. The molecule has 0 heterocycles. The molecule has 2 aromatic carbocycles. The Morgan fingerprint density at radius 2 is 1.76 bits per heavy atom. The molecule has 0 spiro atoms. The number of hydrogen-bond donors (Lipinski definition) is 0. The Morgan fingerprint density at radius 1 is 1.00 bits per heavy atom. The van der Waals surface area contributed by atoms with Gasteiger partial charge in [0.15, 0.2) is 11.5 Å². The molecule has 2 aromatic rings. The van der Waals surface area contributed by atoms with Gasteiger partial charge in [-0.1, -0.05) is 43.7 Å². The summed E-state index contributed by atoms with van der Waals surface area (Å²) in [5.74, 6) is 0.588. The van der Waals surface area contributed by atoms with Crippen LogP contribution in [0.3, 0.4) is 0 Å². The summed E-state index contributed by atoms with van der Waals surface area (Å²) in [4.78, 5) is 26.4. The van der Waals surface area contributed by atoms with E-state index in [0.29, 0.717) is 30.2 Å². The highest BCUT2D eigenvalue weighted by molar-refractivity contribution is 5.95. The number of esters is 1. The van der Waals surface area contributed by atoms with Crippen molar-refractivity contribution >= 4 is 11.9 Å². The molecule has 0 aliphatic heterocycles. The number of carbonyl (C=O) groups excluding carboxylic acids is 2. The minimum atomic E-state index is -0.354. The van der Waals surface area contributed by atoms with Crippen molar-refractivity contribution in [2.75, 3.05) is 27.4 Å². The van der Waals surface area contributed by atoms with Gasteiger partial charge >= 0.3 is 5.97 Å². The third-order valence-electron chi connectivity index (χ3n) is 4.48. The third kappa shape index (κ3) is 6.82. The Kier molecular flexibility index (Phi) is 9.02. The number of ether oxygens (including phenoxy) is 3. The van der Waals surface area contributed by atoms with Gasteiger partial charge in [0.1, 0.15) is 0 Å². The van der Waals surface area contributed by atoms with Crippen molar-refractivity contribution in [2.24, 2.45) is 0 Å². The van der Waals surface area contributed by atoms with Gasteiger partial charge < -0.3 is 19.1 Å². The van der Waals surface area contributed by atoms with Crippen LogP contribution < -0.4 is 9.47 Å². The van der Waals surface area contributed by atoms with E-state index in [0.717, 1.165) is 18.4 Å². The fraction of sp³-hybridized carbons (Fsp3) is 0.391. The van der Waals surface area contributed by atoms with E-state index < -0.39 is 0 Å². The largest absolute Gasteiger partial charge is 0.493 e. The number of methoxy groups -OCH3 is 2. The molecule has 0 N–H and O–H groups in total. The van der Waals surface area contributed by atoms with Crippen LogP contribution >= 0.6 is 0 Å². The Hall–Kier alpha value is -3.02. The van der Waals surface area contributed by atoms with Crippen molar-refractivity contribution in [1.82, 2.24) is 4.90 Å². The van der Waals surface area contributed by atoms with E-state index in [1.807, 2.05) is 30.3 Å². The van der Waals surface area contributed by atoms with Crippen LogP contribution in [-0.4, -0.2) is 44.1 Å². The molecule has 0 saturated heterocycles. The van der Waals surface area contributed by atoms with Crippen LogP contribution in [0.15, 0.2) is 48.5 Å². The van der Waals surface area contributed by atoms with Crippen molar-refractivity contribution in [3.05, 3.63) is 59.7 Å². The summed E-state index contributed by atoms with van der Waals surface area (Å²) in [5.41, 5.74) is 1.46. The van der Waals surface area contributed by atoms with Gasteiger partial charge in [-0.2, -0.15) is 0 Å². The maximum atomic E-state index is 13.2. The summed E-state index contributed by atoms with van der Waals surface area (Å²) in [6, 6.07) is 14.8. The van der Waals surface area contributed by atoms with E-state index in [1.165, 1.54) is 7.11 Å². The van der Waals surface area contributed by atoms with Crippen LogP contribution in [0.4, 0.5) is 0 Å². The molecule has 0 fully saturated rings. The first-order valence-corrected chi connectivity index (χ1v) is 9.79. The molecule has 0 saturated carbocycles. The zero-order valence-corrected chi connectivity index (χ0v) is 17.3. The lowest BCUT2D eigenvalue weighted by Crippen LogP contribution is -2.32. The Bertz CT molecular complexity index is 791.